The summed E-state index contributed by atoms with van der Waals surface area (Å²) in [5.41, 5.74) is 5.69. The Kier molecular flexibility index (Phi) is 4.45. The Bertz CT molecular complexity index is 577. The van der Waals surface area contributed by atoms with Crippen molar-refractivity contribution in [3.05, 3.63) is 58.9 Å². The molecular formula is C19H26N2. The summed E-state index contributed by atoms with van der Waals surface area (Å²) in [4.78, 5) is 0. The second kappa shape index (κ2) is 6.48. The summed E-state index contributed by atoms with van der Waals surface area (Å²) in [6.07, 6.45) is 5.49. The van der Waals surface area contributed by atoms with Crippen molar-refractivity contribution in [2.24, 2.45) is 0 Å². The highest BCUT2D eigenvalue weighted by Crippen LogP contribution is 2.33. The minimum absolute atomic E-state index is 0.743. The van der Waals surface area contributed by atoms with Crippen LogP contribution in [0.5, 0.6) is 0 Å². The Morgan fingerprint density at radius 3 is 2.48 bits per heavy atom. The van der Waals surface area contributed by atoms with Gasteiger partial charge in [-0.15, -0.1) is 0 Å². The Hall–Kier alpha value is -1.54. The zero-order valence-corrected chi connectivity index (χ0v) is 13.2. The van der Waals surface area contributed by atoms with Gasteiger partial charge in [-0.3, -0.25) is 0 Å². The normalized spacial score (nSPS) is 15.7. The summed E-state index contributed by atoms with van der Waals surface area (Å²) in [6, 6.07) is 13.7. The molecule has 0 amide bonds. The van der Waals surface area contributed by atoms with E-state index >= 15 is 0 Å². The van der Waals surface area contributed by atoms with Gasteiger partial charge in [0.15, 0.2) is 0 Å². The van der Waals surface area contributed by atoms with Crippen LogP contribution in [0, 0.1) is 13.8 Å². The molecular weight excluding hydrogens is 256 g/mol. The van der Waals surface area contributed by atoms with E-state index in [2.05, 4.69) is 60.1 Å². The van der Waals surface area contributed by atoms with Gasteiger partial charge in [0.1, 0.15) is 0 Å². The second-order valence-corrected chi connectivity index (χ2v) is 6.29. The first-order chi connectivity index (χ1) is 10.3. The highest BCUT2D eigenvalue weighted by atomic mass is 15.0. The van der Waals surface area contributed by atoms with Crippen molar-refractivity contribution in [1.82, 2.24) is 9.88 Å². The van der Waals surface area contributed by atoms with Crippen molar-refractivity contribution in [3.8, 4) is 0 Å². The van der Waals surface area contributed by atoms with Gasteiger partial charge in [0.2, 0.25) is 0 Å². The van der Waals surface area contributed by atoms with Crippen LogP contribution in [0.3, 0.4) is 0 Å². The summed E-state index contributed by atoms with van der Waals surface area (Å²) in [5, 5.41) is 3.58. The maximum atomic E-state index is 3.58. The van der Waals surface area contributed by atoms with E-state index in [4.69, 9.17) is 0 Å². The number of benzene rings is 1. The molecule has 0 atom stereocenters. The van der Waals surface area contributed by atoms with Crippen molar-refractivity contribution in [2.45, 2.75) is 58.7 Å². The van der Waals surface area contributed by atoms with Gasteiger partial charge in [-0.25, -0.2) is 0 Å². The minimum atomic E-state index is 0.743. The van der Waals surface area contributed by atoms with E-state index in [1.807, 2.05) is 0 Å². The summed E-state index contributed by atoms with van der Waals surface area (Å²) in [6.45, 7) is 6.44. The van der Waals surface area contributed by atoms with Crippen LogP contribution < -0.4 is 5.32 Å². The fraction of sp³-hybridized carbons (Fsp3) is 0.474. The molecule has 112 valence electrons. The Balaban J connectivity index is 1.64. The number of hydrogen-bond acceptors (Lipinski definition) is 1. The lowest BCUT2D eigenvalue weighted by Gasteiger charge is -2.17. The van der Waals surface area contributed by atoms with E-state index in [9.17, 15) is 0 Å². The van der Waals surface area contributed by atoms with Crippen LogP contribution in [0.2, 0.25) is 0 Å². The van der Waals surface area contributed by atoms with Gasteiger partial charge in [0.05, 0.1) is 0 Å². The predicted molar refractivity (Wildman–Crippen MR) is 88.4 cm³/mol. The van der Waals surface area contributed by atoms with Gasteiger partial charge >= 0.3 is 0 Å². The molecule has 1 saturated carbocycles. The zero-order chi connectivity index (χ0) is 14.7. The van der Waals surface area contributed by atoms with Gasteiger partial charge in [-0.05, 0) is 43.9 Å². The molecule has 2 nitrogen and oxygen atoms in total. The quantitative estimate of drug-likeness (QED) is 0.853. The maximum Gasteiger partial charge on any atom is 0.0335 e. The number of nitrogens with one attached hydrogen (secondary N) is 1. The Morgan fingerprint density at radius 1 is 1.05 bits per heavy atom. The van der Waals surface area contributed by atoms with E-state index in [0.29, 0.717) is 0 Å². The van der Waals surface area contributed by atoms with Gasteiger partial charge < -0.3 is 9.88 Å². The van der Waals surface area contributed by atoms with Gasteiger partial charge in [0.25, 0.3) is 0 Å². The molecule has 1 aliphatic carbocycles. The van der Waals surface area contributed by atoms with E-state index in [0.717, 1.165) is 19.1 Å². The first kappa shape index (κ1) is 14.4. The molecule has 1 N–H and O–H groups in total. The number of nitrogens with zero attached hydrogens (tertiary/aromatic N) is 1. The average molecular weight is 282 g/mol. The average Bonchev–Trinajstić information content (AvgIpc) is 3.09. The van der Waals surface area contributed by atoms with Gasteiger partial charge in [-0.2, -0.15) is 0 Å². The molecule has 21 heavy (non-hydrogen) atoms. The van der Waals surface area contributed by atoms with Crippen LogP contribution in [0.4, 0.5) is 0 Å². The van der Waals surface area contributed by atoms with Crippen LogP contribution in [-0.4, -0.2) is 4.57 Å². The second-order valence-electron chi connectivity index (χ2n) is 6.29. The third-order valence-electron chi connectivity index (χ3n) is 4.77. The first-order valence-electron chi connectivity index (χ1n) is 8.17. The lowest BCUT2D eigenvalue weighted by molar-refractivity contribution is 0.498. The zero-order valence-electron chi connectivity index (χ0n) is 13.2. The predicted octanol–water partition coefficient (Wildman–Crippen LogP) is 4.51. The van der Waals surface area contributed by atoms with E-state index in [1.54, 1.807) is 0 Å². The molecule has 0 bridgehead atoms. The van der Waals surface area contributed by atoms with Crippen molar-refractivity contribution in [3.63, 3.8) is 0 Å². The van der Waals surface area contributed by atoms with Crippen LogP contribution >= 0.6 is 0 Å². The summed E-state index contributed by atoms with van der Waals surface area (Å²) >= 11 is 0. The summed E-state index contributed by atoms with van der Waals surface area (Å²) in [5.74, 6) is 0. The van der Waals surface area contributed by atoms with Crippen molar-refractivity contribution >= 4 is 0 Å². The maximum absolute atomic E-state index is 3.58. The SMILES string of the molecule is Cc1cc(CNCc2ccccc2)c(C)n1C1CCCC1. The highest BCUT2D eigenvalue weighted by Gasteiger charge is 2.20. The van der Waals surface area contributed by atoms with Crippen LogP contribution in [0.15, 0.2) is 36.4 Å². The molecule has 2 aromatic rings. The fourth-order valence-electron chi connectivity index (χ4n) is 3.69. The molecule has 1 aliphatic rings. The smallest absolute Gasteiger partial charge is 0.0335 e. The number of rotatable bonds is 5. The monoisotopic (exact) mass is 282 g/mol. The van der Waals surface area contributed by atoms with Crippen LogP contribution in [0.25, 0.3) is 0 Å². The molecule has 0 radical (unpaired) electrons. The van der Waals surface area contributed by atoms with Crippen molar-refractivity contribution < 1.29 is 0 Å². The van der Waals surface area contributed by atoms with Crippen molar-refractivity contribution in [2.75, 3.05) is 0 Å². The molecule has 0 spiro atoms. The molecule has 1 fully saturated rings. The molecule has 0 unspecified atom stereocenters. The number of aromatic nitrogens is 1. The third kappa shape index (κ3) is 3.21. The van der Waals surface area contributed by atoms with Crippen molar-refractivity contribution in [1.29, 1.82) is 0 Å². The Labute approximate surface area is 128 Å². The molecule has 2 heteroatoms. The summed E-state index contributed by atoms with van der Waals surface area (Å²) in [7, 11) is 0. The summed E-state index contributed by atoms with van der Waals surface area (Å²) < 4.78 is 2.58. The van der Waals surface area contributed by atoms with E-state index < -0.39 is 0 Å². The lowest BCUT2D eigenvalue weighted by Crippen LogP contribution is -2.14. The first-order valence-corrected chi connectivity index (χ1v) is 8.17. The standard InChI is InChI=1S/C19H26N2/c1-15-12-18(14-20-13-17-8-4-3-5-9-17)16(2)21(15)19-10-6-7-11-19/h3-5,8-9,12,19-20H,6-7,10-11,13-14H2,1-2H3. The lowest BCUT2D eigenvalue weighted by atomic mass is 10.2. The highest BCUT2D eigenvalue weighted by molar-refractivity contribution is 5.28. The molecule has 1 aromatic heterocycles. The van der Waals surface area contributed by atoms with E-state index in [1.165, 1.54) is 48.2 Å². The molecule has 1 heterocycles. The van der Waals surface area contributed by atoms with Crippen LogP contribution in [0.1, 0.15) is 54.2 Å². The topological polar surface area (TPSA) is 17.0 Å². The molecule has 3 rings (SSSR count). The number of hydrogen-bond donors (Lipinski definition) is 1. The number of aryl methyl sites for hydroxylation is 1. The molecule has 1 aromatic carbocycles. The third-order valence-corrected chi connectivity index (χ3v) is 4.77. The van der Waals surface area contributed by atoms with E-state index in [-0.39, 0.29) is 0 Å². The van der Waals surface area contributed by atoms with Gasteiger partial charge in [0, 0.05) is 30.5 Å². The largest absolute Gasteiger partial charge is 0.346 e. The molecule has 0 aliphatic heterocycles. The fourth-order valence-corrected chi connectivity index (χ4v) is 3.69. The van der Waals surface area contributed by atoms with Gasteiger partial charge in [-0.1, -0.05) is 43.2 Å². The molecule has 0 saturated heterocycles. The Morgan fingerprint density at radius 2 is 1.76 bits per heavy atom. The minimum Gasteiger partial charge on any atom is -0.346 e. The van der Waals surface area contributed by atoms with Crippen LogP contribution in [-0.2, 0) is 13.1 Å².